The second-order valence-corrected chi connectivity index (χ2v) is 5.42. The minimum atomic E-state index is -0.480. The SMILES string of the molecule is Cc1ccoc1C(=O)NNC(=O)C1CC(c2ccccc2)NN1. The molecule has 1 aliphatic heterocycles. The molecule has 0 spiro atoms. The quantitative estimate of drug-likeness (QED) is 0.633. The minimum absolute atomic E-state index is 0.0509. The first-order valence-electron chi connectivity index (χ1n) is 7.35. The van der Waals surface area contributed by atoms with Gasteiger partial charge in [-0.05, 0) is 25.0 Å². The summed E-state index contributed by atoms with van der Waals surface area (Å²) in [4.78, 5) is 24.0. The summed E-state index contributed by atoms with van der Waals surface area (Å²) in [5.41, 5.74) is 12.6. The van der Waals surface area contributed by atoms with E-state index < -0.39 is 11.9 Å². The summed E-state index contributed by atoms with van der Waals surface area (Å²) >= 11 is 0. The molecule has 1 fully saturated rings. The average molecular weight is 314 g/mol. The molecule has 1 saturated heterocycles. The summed E-state index contributed by atoms with van der Waals surface area (Å²) in [6.45, 7) is 1.76. The number of carbonyl (C=O) groups excluding carboxylic acids is 2. The Balaban J connectivity index is 1.52. The van der Waals surface area contributed by atoms with Gasteiger partial charge in [0.15, 0.2) is 5.76 Å². The van der Waals surface area contributed by atoms with Crippen molar-refractivity contribution < 1.29 is 14.0 Å². The third kappa shape index (κ3) is 3.41. The van der Waals surface area contributed by atoms with Gasteiger partial charge in [-0.2, -0.15) is 0 Å². The predicted molar refractivity (Wildman–Crippen MR) is 82.9 cm³/mol. The van der Waals surface area contributed by atoms with E-state index in [2.05, 4.69) is 21.7 Å². The second kappa shape index (κ2) is 6.64. The molecule has 7 nitrogen and oxygen atoms in total. The molecule has 0 bridgehead atoms. The number of rotatable bonds is 3. The summed E-state index contributed by atoms with van der Waals surface area (Å²) in [7, 11) is 0. The molecule has 1 aliphatic rings. The van der Waals surface area contributed by atoms with E-state index in [9.17, 15) is 9.59 Å². The third-order valence-electron chi connectivity index (χ3n) is 3.79. The summed E-state index contributed by atoms with van der Waals surface area (Å²) in [5, 5.41) is 0. The van der Waals surface area contributed by atoms with E-state index in [0.717, 1.165) is 5.56 Å². The Morgan fingerprint density at radius 1 is 1.13 bits per heavy atom. The first kappa shape index (κ1) is 15.3. The lowest BCUT2D eigenvalue weighted by atomic mass is 10.0. The van der Waals surface area contributed by atoms with Crippen LogP contribution in [0.1, 0.15) is 34.1 Å². The number of aryl methyl sites for hydroxylation is 1. The zero-order valence-corrected chi connectivity index (χ0v) is 12.6. The fourth-order valence-electron chi connectivity index (χ4n) is 2.50. The molecule has 0 aliphatic carbocycles. The molecule has 2 heterocycles. The van der Waals surface area contributed by atoms with Crippen molar-refractivity contribution in [3.8, 4) is 0 Å². The molecule has 7 heteroatoms. The van der Waals surface area contributed by atoms with Crippen LogP contribution < -0.4 is 21.7 Å². The van der Waals surface area contributed by atoms with Crippen LogP contribution in [0.2, 0.25) is 0 Å². The Kier molecular flexibility index (Phi) is 4.40. The van der Waals surface area contributed by atoms with Gasteiger partial charge in [0.2, 0.25) is 0 Å². The van der Waals surface area contributed by atoms with Gasteiger partial charge in [-0.15, -0.1) is 0 Å². The average Bonchev–Trinajstić information content (AvgIpc) is 3.22. The maximum absolute atomic E-state index is 12.1. The predicted octanol–water partition coefficient (Wildman–Crippen LogP) is 0.957. The van der Waals surface area contributed by atoms with E-state index in [1.807, 2.05) is 30.3 Å². The monoisotopic (exact) mass is 314 g/mol. The molecule has 2 unspecified atom stereocenters. The molecular weight excluding hydrogens is 296 g/mol. The molecule has 0 radical (unpaired) electrons. The highest BCUT2D eigenvalue weighted by molar-refractivity contribution is 5.94. The van der Waals surface area contributed by atoms with Crippen molar-refractivity contribution in [3.63, 3.8) is 0 Å². The molecule has 2 amide bonds. The Bertz CT molecular complexity index is 698. The van der Waals surface area contributed by atoms with E-state index in [-0.39, 0.29) is 17.7 Å². The number of hydrazine groups is 2. The van der Waals surface area contributed by atoms with Crippen LogP contribution in [0.3, 0.4) is 0 Å². The molecule has 1 aromatic heterocycles. The van der Waals surface area contributed by atoms with Crippen LogP contribution >= 0.6 is 0 Å². The normalized spacial score (nSPS) is 20.2. The highest BCUT2D eigenvalue weighted by Gasteiger charge is 2.30. The van der Waals surface area contributed by atoms with Crippen LogP contribution in [0.5, 0.6) is 0 Å². The Labute approximate surface area is 133 Å². The van der Waals surface area contributed by atoms with Crippen molar-refractivity contribution in [3.05, 3.63) is 59.5 Å². The van der Waals surface area contributed by atoms with Gasteiger partial charge in [0.25, 0.3) is 5.91 Å². The number of hydrogen-bond acceptors (Lipinski definition) is 5. The number of carbonyl (C=O) groups is 2. The Morgan fingerprint density at radius 2 is 1.91 bits per heavy atom. The van der Waals surface area contributed by atoms with Crippen LogP contribution in [0, 0.1) is 6.92 Å². The molecular formula is C16H18N4O3. The van der Waals surface area contributed by atoms with Gasteiger partial charge in [0, 0.05) is 11.6 Å². The van der Waals surface area contributed by atoms with Gasteiger partial charge in [0.1, 0.15) is 6.04 Å². The molecule has 0 saturated carbocycles. The maximum atomic E-state index is 12.1. The van der Waals surface area contributed by atoms with Gasteiger partial charge in [0.05, 0.1) is 6.26 Å². The first-order chi connectivity index (χ1) is 11.1. The van der Waals surface area contributed by atoms with E-state index >= 15 is 0 Å². The summed E-state index contributed by atoms with van der Waals surface area (Å²) in [6.07, 6.45) is 2.02. The third-order valence-corrected chi connectivity index (χ3v) is 3.79. The number of benzene rings is 1. The number of furan rings is 1. The smallest absolute Gasteiger partial charge is 0.305 e. The first-order valence-corrected chi connectivity index (χ1v) is 7.35. The molecule has 2 atom stereocenters. The van der Waals surface area contributed by atoms with Gasteiger partial charge >= 0.3 is 5.91 Å². The van der Waals surface area contributed by atoms with E-state index in [0.29, 0.717) is 12.0 Å². The lowest BCUT2D eigenvalue weighted by Gasteiger charge is -2.11. The number of nitrogens with one attached hydrogen (secondary N) is 4. The zero-order chi connectivity index (χ0) is 16.2. The number of hydrogen-bond donors (Lipinski definition) is 4. The van der Waals surface area contributed by atoms with E-state index in [4.69, 9.17) is 4.42 Å². The highest BCUT2D eigenvalue weighted by atomic mass is 16.3. The van der Waals surface area contributed by atoms with Crippen LogP contribution in [0.15, 0.2) is 47.1 Å². The largest absolute Gasteiger partial charge is 0.459 e. The molecule has 2 aromatic rings. The summed E-state index contributed by atoms with van der Waals surface area (Å²) in [5.74, 6) is -0.607. The topological polar surface area (TPSA) is 95.4 Å². The van der Waals surface area contributed by atoms with Crippen LogP contribution in [0.25, 0.3) is 0 Å². The fourth-order valence-corrected chi connectivity index (χ4v) is 2.50. The van der Waals surface area contributed by atoms with Crippen LogP contribution in [-0.2, 0) is 4.79 Å². The lowest BCUT2D eigenvalue weighted by Crippen LogP contribution is -2.50. The van der Waals surface area contributed by atoms with Crippen molar-refractivity contribution in [1.29, 1.82) is 0 Å². The standard InChI is InChI=1S/C16H18N4O3/c1-10-7-8-23-14(10)16(22)20-19-15(21)13-9-12(17-18-13)11-5-3-2-4-6-11/h2-8,12-13,17-18H,9H2,1H3,(H,19,21)(H,20,22). The summed E-state index contributed by atoms with van der Waals surface area (Å²) < 4.78 is 5.07. The van der Waals surface area contributed by atoms with Crippen molar-refractivity contribution >= 4 is 11.8 Å². The van der Waals surface area contributed by atoms with Crippen LogP contribution in [-0.4, -0.2) is 17.9 Å². The van der Waals surface area contributed by atoms with Crippen molar-refractivity contribution in [2.24, 2.45) is 0 Å². The van der Waals surface area contributed by atoms with Gasteiger partial charge in [-0.25, -0.2) is 10.9 Å². The Morgan fingerprint density at radius 3 is 2.61 bits per heavy atom. The molecule has 23 heavy (non-hydrogen) atoms. The van der Waals surface area contributed by atoms with Gasteiger partial charge in [-0.3, -0.25) is 20.4 Å². The van der Waals surface area contributed by atoms with Crippen molar-refractivity contribution in [2.45, 2.75) is 25.4 Å². The van der Waals surface area contributed by atoms with Crippen molar-refractivity contribution in [1.82, 2.24) is 21.7 Å². The fraction of sp³-hybridized carbons (Fsp3) is 0.250. The van der Waals surface area contributed by atoms with Gasteiger partial charge in [-0.1, -0.05) is 30.3 Å². The summed E-state index contributed by atoms with van der Waals surface area (Å²) in [6, 6.07) is 11.2. The minimum Gasteiger partial charge on any atom is -0.459 e. The highest BCUT2D eigenvalue weighted by Crippen LogP contribution is 2.21. The molecule has 3 rings (SSSR count). The lowest BCUT2D eigenvalue weighted by molar-refractivity contribution is -0.123. The van der Waals surface area contributed by atoms with E-state index in [1.165, 1.54) is 6.26 Å². The zero-order valence-electron chi connectivity index (χ0n) is 12.6. The second-order valence-electron chi connectivity index (χ2n) is 5.42. The van der Waals surface area contributed by atoms with Crippen LogP contribution in [0.4, 0.5) is 0 Å². The molecule has 4 N–H and O–H groups in total. The number of amides is 2. The van der Waals surface area contributed by atoms with Crippen molar-refractivity contribution in [2.75, 3.05) is 0 Å². The Hall–Kier alpha value is -2.64. The molecule has 120 valence electrons. The van der Waals surface area contributed by atoms with Gasteiger partial charge < -0.3 is 4.42 Å². The maximum Gasteiger partial charge on any atom is 0.305 e. The van der Waals surface area contributed by atoms with E-state index in [1.54, 1.807) is 13.0 Å². The molecule has 1 aromatic carbocycles.